The van der Waals surface area contributed by atoms with Crippen LogP contribution in [-0.4, -0.2) is 19.6 Å². The van der Waals surface area contributed by atoms with E-state index in [9.17, 15) is 0 Å². The molecule has 0 saturated heterocycles. The number of nitrogens with two attached hydrogens (primary N) is 1. The molecule has 17 heavy (non-hydrogen) atoms. The monoisotopic (exact) mass is 236 g/mol. The molecule has 0 atom stereocenters. The van der Waals surface area contributed by atoms with E-state index in [2.05, 4.69) is 22.7 Å². The van der Waals surface area contributed by atoms with Crippen LogP contribution in [0.15, 0.2) is 23.2 Å². The molecule has 0 heterocycles. The molecule has 4 N–H and O–H groups in total. The van der Waals surface area contributed by atoms with Gasteiger partial charge < -0.3 is 10.1 Å². The van der Waals surface area contributed by atoms with E-state index >= 15 is 0 Å². The Balaban J connectivity index is 2.88. The van der Waals surface area contributed by atoms with Crippen molar-refractivity contribution >= 4 is 11.6 Å². The van der Waals surface area contributed by atoms with E-state index in [0.717, 1.165) is 30.0 Å². The van der Waals surface area contributed by atoms with Gasteiger partial charge in [0.05, 0.1) is 12.8 Å². The van der Waals surface area contributed by atoms with E-state index in [1.807, 2.05) is 25.1 Å². The molecule has 0 aliphatic carbocycles. The molecule has 0 amide bonds. The van der Waals surface area contributed by atoms with Gasteiger partial charge in [-0.05, 0) is 31.0 Å². The predicted molar refractivity (Wildman–Crippen MR) is 71.3 cm³/mol. The zero-order valence-electron chi connectivity index (χ0n) is 10.6. The highest BCUT2D eigenvalue weighted by molar-refractivity contribution is 5.94. The number of rotatable bonds is 4. The minimum absolute atomic E-state index is 0.538. The van der Waals surface area contributed by atoms with Gasteiger partial charge in [-0.15, -0.1) is 0 Å². The summed E-state index contributed by atoms with van der Waals surface area (Å²) < 4.78 is 5.26. The maximum atomic E-state index is 5.41. The summed E-state index contributed by atoms with van der Waals surface area (Å²) in [5, 5.41) is 3.11. The molecule has 0 radical (unpaired) electrons. The van der Waals surface area contributed by atoms with E-state index in [1.54, 1.807) is 7.11 Å². The Morgan fingerprint density at radius 1 is 1.47 bits per heavy atom. The second-order valence-electron chi connectivity index (χ2n) is 3.70. The summed E-state index contributed by atoms with van der Waals surface area (Å²) >= 11 is 0. The Labute approximate surface area is 102 Å². The number of ether oxygens (including phenoxy) is 1. The molecule has 0 spiro atoms. The van der Waals surface area contributed by atoms with Gasteiger partial charge in [-0.25, -0.2) is 5.84 Å². The second kappa shape index (κ2) is 6.75. The zero-order chi connectivity index (χ0) is 12.7. The van der Waals surface area contributed by atoms with Gasteiger partial charge in [0.2, 0.25) is 5.96 Å². The van der Waals surface area contributed by atoms with E-state index in [4.69, 9.17) is 10.6 Å². The van der Waals surface area contributed by atoms with Gasteiger partial charge >= 0.3 is 0 Å². The first kappa shape index (κ1) is 13.3. The molecule has 0 saturated carbocycles. The van der Waals surface area contributed by atoms with E-state index in [1.165, 1.54) is 0 Å². The molecular formula is C12H20N4O. The van der Waals surface area contributed by atoms with Crippen LogP contribution >= 0.6 is 0 Å². The lowest BCUT2D eigenvalue weighted by Gasteiger charge is -2.13. The first-order valence-electron chi connectivity index (χ1n) is 5.64. The lowest BCUT2D eigenvalue weighted by atomic mass is 10.2. The van der Waals surface area contributed by atoms with Gasteiger partial charge in [-0.1, -0.05) is 13.0 Å². The van der Waals surface area contributed by atoms with E-state index in [0.29, 0.717) is 5.96 Å². The fourth-order valence-corrected chi connectivity index (χ4v) is 1.39. The van der Waals surface area contributed by atoms with Crippen LogP contribution in [0, 0.1) is 6.92 Å². The molecule has 0 aliphatic rings. The number of aliphatic imine (C=N–C) groups is 1. The van der Waals surface area contributed by atoms with Crippen LogP contribution in [0.4, 0.5) is 5.69 Å². The van der Waals surface area contributed by atoms with Crippen LogP contribution in [0.2, 0.25) is 0 Å². The Bertz CT molecular complexity index is 390. The minimum atomic E-state index is 0.538. The maximum absolute atomic E-state index is 5.41. The minimum Gasteiger partial charge on any atom is -0.495 e. The molecule has 1 rings (SSSR count). The number of hydrogen-bond donors (Lipinski definition) is 3. The van der Waals surface area contributed by atoms with Crippen LogP contribution in [0.5, 0.6) is 5.75 Å². The molecule has 1 aromatic rings. The van der Waals surface area contributed by atoms with Crippen molar-refractivity contribution in [2.24, 2.45) is 10.8 Å². The van der Waals surface area contributed by atoms with Gasteiger partial charge in [0.15, 0.2) is 0 Å². The third kappa shape index (κ3) is 3.96. The second-order valence-corrected chi connectivity index (χ2v) is 3.70. The number of nitrogens with one attached hydrogen (secondary N) is 2. The lowest BCUT2D eigenvalue weighted by Crippen LogP contribution is -2.36. The SMILES string of the molecule is CCCN=C(NN)Nc1cc(C)ccc1OC. The predicted octanol–water partition coefficient (Wildman–Crippen LogP) is 1.64. The number of aryl methyl sites for hydroxylation is 1. The summed E-state index contributed by atoms with van der Waals surface area (Å²) in [5.41, 5.74) is 4.53. The number of methoxy groups -OCH3 is 1. The summed E-state index contributed by atoms with van der Waals surface area (Å²) in [5.74, 6) is 6.70. The first-order chi connectivity index (χ1) is 8.21. The average Bonchev–Trinajstić information content (AvgIpc) is 2.34. The number of benzene rings is 1. The summed E-state index contributed by atoms with van der Waals surface area (Å²) in [4.78, 5) is 4.27. The van der Waals surface area contributed by atoms with Crippen LogP contribution < -0.4 is 21.3 Å². The molecule has 1 aromatic carbocycles. The molecule has 94 valence electrons. The standard InChI is InChI=1S/C12H20N4O/c1-4-7-14-12(16-13)15-10-8-9(2)5-6-11(10)17-3/h5-6,8H,4,7,13H2,1-3H3,(H2,14,15,16). The topological polar surface area (TPSA) is 71.7 Å². The van der Waals surface area contributed by atoms with Crippen molar-refractivity contribution in [3.63, 3.8) is 0 Å². The Morgan fingerprint density at radius 3 is 2.82 bits per heavy atom. The van der Waals surface area contributed by atoms with Crippen molar-refractivity contribution < 1.29 is 4.74 Å². The summed E-state index contributed by atoms with van der Waals surface area (Å²) in [7, 11) is 1.63. The highest BCUT2D eigenvalue weighted by Gasteiger charge is 2.05. The molecular weight excluding hydrogens is 216 g/mol. The van der Waals surface area contributed by atoms with E-state index in [-0.39, 0.29) is 0 Å². The van der Waals surface area contributed by atoms with Crippen molar-refractivity contribution in [3.8, 4) is 5.75 Å². The summed E-state index contributed by atoms with van der Waals surface area (Å²) in [6, 6.07) is 5.88. The molecule has 0 aliphatic heterocycles. The molecule has 0 unspecified atom stereocenters. The lowest BCUT2D eigenvalue weighted by molar-refractivity contribution is 0.417. The van der Waals surface area contributed by atoms with Crippen LogP contribution in [0.3, 0.4) is 0 Å². The first-order valence-corrected chi connectivity index (χ1v) is 5.64. The summed E-state index contributed by atoms with van der Waals surface area (Å²) in [6.45, 7) is 4.80. The summed E-state index contributed by atoms with van der Waals surface area (Å²) in [6.07, 6.45) is 0.970. The number of anilines is 1. The van der Waals surface area contributed by atoms with Gasteiger partial charge in [0, 0.05) is 6.54 Å². The van der Waals surface area contributed by atoms with Gasteiger partial charge in [-0.3, -0.25) is 10.4 Å². The largest absolute Gasteiger partial charge is 0.495 e. The molecule has 0 fully saturated rings. The highest BCUT2D eigenvalue weighted by atomic mass is 16.5. The van der Waals surface area contributed by atoms with E-state index < -0.39 is 0 Å². The Hall–Kier alpha value is -1.75. The zero-order valence-corrected chi connectivity index (χ0v) is 10.6. The van der Waals surface area contributed by atoms with Gasteiger partial charge in [-0.2, -0.15) is 0 Å². The molecule has 0 bridgehead atoms. The molecule has 5 nitrogen and oxygen atoms in total. The number of hydrogen-bond acceptors (Lipinski definition) is 3. The van der Waals surface area contributed by atoms with Crippen molar-refractivity contribution in [1.29, 1.82) is 0 Å². The van der Waals surface area contributed by atoms with Crippen molar-refractivity contribution in [1.82, 2.24) is 5.43 Å². The average molecular weight is 236 g/mol. The van der Waals surface area contributed by atoms with Crippen LogP contribution in [0.25, 0.3) is 0 Å². The Morgan fingerprint density at radius 2 is 2.24 bits per heavy atom. The van der Waals surface area contributed by atoms with Crippen molar-refractivity contribution in [2.45, 2.75) is 20.3 Å². The number of nitrogens with zero attached hydrogens (tertiary/aromatic N) is 1. The van der Waals surface area contributed by atoms with Crippen LogP contribution in [-0.2, 0) is 0 Å². The fraction of sp³-hybridized carbons (Fsp3) is 0.417. The highest BCUT2D eigenvalue weighted by Crippen LogP contribution is 2.24. The van der Waals surface area contributed by atoms with Crippen molar-refractivity contribution in [2.75, 3.05) is 19.0 Å². The number of hydrazine groups is 1. The fourth-order valence-electron chi connectivity index (χ4n) is 1.39. The number of guanidine groups is 1. The van der Waals surface area contributed by atoms with Crippen molar-refractivity contribution in [3.05, 3.63) is 23.8 Å². The smallest absolute Gasteiger partial charge is 0.210 e. The third-order valence-corrected chi connectivity index (χ3v) is 2.24. The Kier molecular flexibility index (Phi) is 5.29. The molecule has 0 aromatic heterocycles. The quantitative estimate of drug-likeness (QED) is 0.322. The normalized spacial score (nSPS) is 11.2. The maximum Gasteiger partial charge on any atom is 0.210 e. The van der Waals surface area contributed by atoms with Crippen LogP contribution in [0.1, 0.15) is 18.9 Å². The third-order valence-electron chi connectivity index (χ3n) is 2.24. The molecule has 5 heteroatoms. The van der Waals surface area contributed by atoms with Gasteiger partial charge in [0.25, 0.3) is 0 Å². The van der Waals surface area contributed by atoms with Gasteiger partial charge in [0.1, 0.15) is 5.75 Å².